The second-order valence-electron chi connectivity index (χ2n) is 8.74. The van der Waals surface area contributed by atoms with Crippen molar-refractivity contribution in [3.63, 3.8) is 0 Å². The molecule has 4 rings (SSSR count). The van der Waals surface area contributed by atoms with Gasteiger partial charge in [-0.1, -0.05) is 11.6 Å². The standard InChI is InChI=1S/C22H31ClN4O/c1-14(2)26-12-17-11-18(23)7-10-20(17)27-21(13-26)24-25-22(27)16-5-8-19(9-6-16)28-15(3)4/h7,10-11,14-16,19H,5-6,8-9,12-13H2,1-4H3. The zero-order valence-electron chi connectivity index (χ0n) is 17.4. The third-order valence-electron chi connectivity index (χ3n) is 5.99. The van der Waals surface area contributed by atoms with Crippen LogP contribution in [-0.4, -0.2) is 37.9 Å². The molecule has 1 saturated carbocycles. The molecule has 2 heterocycles. The normalized spacial score (nSPS) is 23.0. The number of halogens is 1. The van der Waals surface area contributed by atoms with Crippen molar-refractivity contribution in [2.75, 3.05) is 0 Å². The van der Waals surface area contributed by atoms with Gasteiger partial charge in [0, 0.05) is 23.5 Å². The number of ether oxygens (including phenoxy) is 1. The van der Waals surface area contributed by atoms with Crippen molar-refractivity contribution in [2.45, 2.75) is 90.6 Å². The quantitative estimate of drug-likeness (QED) is 0.713. The van der Waals surface area contributed by atoms with Crippen LogP contribution in [0.25, 0.3) is 5.69 Å². The predicted octanol–water partition coefficient (Wildman–Crippen LogP) is 5.10. The first-order valence-electron chi connectivity index (χ1n) is 10.5. The van der Waals surface area contributed by atoms with Crippen molar-refractivity contribution >= 4 is 11.6 Å². The zero-order valence-corrected chi connectivity index (χ0v) is 18.1. The van der Waals surface area contributed by atoms with Crippen molar-refractivity contribution in [1.82, 2.24) is 19.7 Å². The van der Waals surface area contributed by atoms with Crippen molar-refractivity contribution in [3.05, 3.63) is 40.4 Å². The Balaban J connectivity index is 1.66. The summed E-state index contributed by atoms with van der Waals surface area (Å²) in [6.07, 6.45) is 5.07. The highest BCUT2D eigenvalue weighted by atomic mass is 35.5. The summed E-state index contributed by atoms with van der Waals surface area (Å²) in [7, 11) is 0. The molecule has 0 amide bonds. The lowest BCUT2D eigenvalue weighted by Gasteiger charge is -2.29. The van der Waals surface area contributed by atoms with Gasteiger partial charge in [0.15, 0.2) is 5.82 Å². The van der Waals surface area contributed by atoms with E-state index in [0.717, 1.165) is 55.4 Å². The van der Waals surface area contributed by atoms with Gasteiger partial charge in [0.05, 0.1) is 24.4 Å². The third-order valence-corrected chi connectivity index (χ3v) is 6.22. The van der Waals surface area contributed by atoms with E-state index in [1.54, 1.807) is 0 Å². The Hall–Kier alpha value is -1.43. The molecule has 0 atom stereocenters. The maximum atomic E-state index is 6.33. The van der Waals surface area contributed by atoms with Gasteiger partial charge in [-0.15, -0.1) is 10.2 Å². The largest absolute Gasteiger partial charge is 0.376 e. The van der Waals surface area contributed by atoms with Gasteiger partial charge in [0.1, 0.15) is 5.82 Å². The SMILES string of the molecule is CC(C)OC1CCC(c2nnc3n2-c2ccc(Cl)cc2CN(C(C)C)C3)CC1. The predicted molar refractivity (Wildman–Crippen MR) is 112 cm³/mol. The lowest BCUT2D eigenvalue weighted by atomic mass is 9.86. The molecule has 0 saturated heterocycles. The molecule has 28 heavy (non-hydrogen) atoms. The number of rotatable bonds is 4. The minimum atomic E-state index is 0.296. The van der Waals surface area contributed by atoms with Crippen LogP contribution in [0.1, 0.15) is 76.5 Å². The summed E-state index contributed by atoms with van der Waals surface area (Å²) in [6.45, 7) is 10.4. The maximum absolute atomic E-state index is 6.33. The average Bonchev–Trinajstić information content (AvgIpc) is 2.97. The molecule has 1 aromatic carbocycles. The lowest BCUT2D eigenvalue weighted by molar-refractivity contribution is -0.0151. The van der Waals surface area contributed by atoms with Crippen molar-refractivity contribution in [3.8, 4) is 5.69 Å². The first-order valence-corrected chi connectivity index (χ1v) is 10.9. The van der Waals surface area contributed by atoms with E-state index in [1.807, 2.05) is 6.07 Å². The third kappa shape index (κ3) is 3.98. The van der Waals surface area contributed by atoms with Crippen LogP contribution < -0.4 is 0 Å². The summed E-state index contributed by atoms with van der Waals surface area (Å²) in [6, 6.07) is 6.64. The summed E-state index contributed by atoms with van der Waals surface area (Å²) in [5, 5.41) is 10.1. The number of nitrogens with zero attached hydrogens (tertiary/aromatic N) is 4. The van der Waals surface area contributed by atoms with Crippen LogP contribution in [0.3, 0.4) is 0 Å². The highest BCUT2D eigenvalue weighted by molar-refractivity contribution is 6.30. The molecule has 0 unspecified atom stereocenters. The Bertz CT molecular complexity index is 824. The van der Waals surface area contributed by atoms with Crippen LogP contribution in [0.4, 0.5) is 0 Å². The van der Waals surface area contributed by atoms with Crippen LogP contribution >= 0.6 is 11.6 Å². The second kappa shape index (κ2) is 8.13. The minimum Gasteiger partial charge on any atom is -0.376 e. The highest BCUT2D eigenvalue weighted by Crippen LogP contribution is 2.37. The fourth-order valence-electron chi connectivity index (χ4n) is 4.52. The fourth-order valence-corrected chi connectivity index (χ4v) is 4.72. The fraction of sp³-hybridized carbons (Fsp3) is 0.636. The van der Waals surface area contributed by atoms with Gasteiger partial charge < -0.3 is 4.74 Å². The molecule has 0 N–H and O–H groups in total. The van der Waals surface area contributed by atoms with Gasteiger partial charge in [-0.3, -0.25) is 9.47 Å². The number of hydrogen-bond donors (Lipinski definition) is 0. The first-order chi connectivity index (χ1) is 13.4. The zero-order chi connectivity index (χ0) is 19.8. The van der Waals surface area contributed by atoms with Gasteiger partial charge >= 0.3 is 0 Å². The Kier molecular flexibility index (Phi) is 5.77. The van der Waals surface area contributed by atoms with Crippen LogP contribution in [0.5, 0.6) is 0 Å². The number of hydrogen-bond acceptors (Lipinski definition) is 4. The van der Waals surface area contributed by atoms with E-state index in [9.17, 15) is 0 Å². The van der Waals surface area contributed by atoms with E-state index in [1.165, 1.54) is 11.3 Å². The molecule has 0 spiro atoms. The molecule has 1 aliphatic heterocycles. The minimum absolute atomic E-state index is 0.296. The summed E-state index contributed by atoms with van der Waals surface area (Å²) >= 11 is 6.33. The monoisotopic (exact) mass is 402 g/mol. The first kappa shape index (κ1) is 19.9. The molecule has 2 aromatic rings. The van der Waals surface area contributed by atoms with Crippen LogP contribution in [-0.2, 0) is 17.8 Å². The van der Waals surface area contributed by atoms with Crippen molar-refractivity contribution in [2.24, 2.45) is 0 Å². The van der Waals surface area contributed by atoms with Crippen LogP contribution in [0.15, 0.2) is 18.2 Å². The van der Waals surface area contributed by atoms with Gasteiger partial charge in [0.2, 0.25) is 0 Å². The van der Waals surface area contributed by atoms with Gasteiger partial charge in [-0.05, 0) is 77.1 Å². The van der Waals surface area contributed by atoms with Crippen LogP contribution in [0.2, 0.25) is 5.02 Å². The van der Waals surface area contributed by atoms with Gasteiger partial charge in [-0.25, -0.2) is 0 Å². The summed E-state index contributed by atoms with van der Waals surface area (Å²) in [4.78, 5) is 2.43. The maximum Gasteiger partial charge on any atom is 0.151 e. The number of aromatic nitrogens is 3. The van der Waals surface area contributed by atoms with Crippen molar-refractivity contribution in [1.29, 1.82) is 0 Å². The van der Waals surface area contributed by atoms with E-state index in [4.69, 9.17) is 16.3 Å². The number of fused-ring (bicyclic) bond motifs is 3. The molecule has 2 aliphatic rings. The van der Waals surface area contributed by atoms with E-state index >= 15 is 0 Å². The second-order valence-corrected chi connectivity index (χ2v) is 9.18. The smallest absolute Gasteiger partial charge is 0.151 e. The summed E-state index contributed by atoms with van der Waals surface area (Å²) < 4.78 is 8.34. The molecule has 6 heteroatoms. The van der Waals surface area contributed by atoms with E-state index in [0.29, 0.717) is 24.2 Å². The molecule has 152 valence electrons. The molecule has 1 aliphatic carbocycles. The Labute approximate surface area is 173 Å². The lowest BCUT2D eigenvalue weighted by Crippen LogP contribution is -2.29. The summed E-state index contributed by atoms with van der Waals surface area (Å²) in [5.74, 6) is 2.57. The topological polar surface area (TPSA) is 43.2 Å². The van der Waals surface area contributed by atoms with Crippen molar-refractivity contribution < 1.29 is 4.74 Å². The van der Waals surface area contributed by atoms with Crippen LogP contribution in [0, 0.1) is 0 Å². The van der Waals surface area contributed by atoms with Gasteiger partial charge in [0.25, 0.3) is 0 Å². The Morgan fingerprint density at radius 3 is 2.46 bits per heavy atom. The average molecular weight is 403 g/mol. The molecule has 1 fully saturated rings. The van der Waals surface area contributed by atoms with E-state index in [2.05, 4.69) is 59.5 Å². The van der Waals surface area contributed by atoms with Gasteiger partial charge in [-0.2, -0.15) is 0 Å². The summed E-state index contributed by atoms with van der Waals surface area (Å²) in [5.41, 5.74) is 2.43. The highest BCUT2D eigenvalue weighted by Gasteiger charge is 2.31. The molecule has 1 aromatic heterocycles. The molecule has 5 nitrogen and oxygen atoms in total. The Morgan fingerprint density at radius 2 is 1.79 bits per heavy atom. The molecule has 0 radical (unpaired) electrons. The molecular weight excluding hydrogens is 372 g/mol. The molecule has 0 bridgehead atoms. The van der Waals surface area contributed by atoms with E-state index in [-0.39, 0.29) is 0 Å². The Morgan fingerprint density at radius 1 is 1.04 bits per heavy atom. The number of benzene rings is 1. The molecular formula is C22H31ClN4O. The van der Waals surface area contributed by atoms with E-state index < -0.39 is 0 Å².